The number of aryl methyl sites for hydroxylation is 1. The second-order valence-electron chi connectivity index (χ2n) is 4.03. The third-order valence-electron chi connectivity index (χ3n) is 2.83. The molecule has 0 fully saturated rings. The lowest BCUT2D eigenvalue weighted by Crippen LogP contribution is -2.15. The van der Waals surface area contributed by atoms with Gasteiger partial charge in [0.05, 0.1) is 0 Å². The Morgan fingerprint density at radius 1 is 1.21 bits per heavy atom. The Hall–Kier alpha value is -1.65. The molecule has 1 amide bonds. The molecule has 0 atom stereocenters. The molecule has 4 nitrogen and oxygen atoms in total. The first kappa shape index (κ1) is 13.8. The fourth-order valence-electron chi connectivity index (χ4n) is 1.61. The number of benzene rings is 1. The van der Waals surface area contributed by atoms with Gasteiger partial charge in [-0.15, -0.1) is 0 Å². The van der Waals surface area contributed by atoms with Crippen molar-refractivity contribution in [2.24, 2.45) is 0 Å². The van der Waals surface area contributed by atoms with Crippen LogP contribution < -0.4 is 5.32 Å². The molecular formula is C13H11Cl2N3O. The Morgan fingerprint density at radius 2 is 1.95 bits per heavy atom. The number of nitrogens with one attached hydrogen (secondary N) is 1. The predicted molar refractivity (Wildman–Crippen MR) is 75.9 cm³/mol. The van der Waals surface area contributed by atoms with Crippen molar-refractivity contribution in [3.8, 4) is 0 Å². The molecule has 0 aliphatic heterocycles. The van der Waals surface area contributed by atoms with Crippen LogP contribution in [0.4, 0.5) is 5.82 Å². The molecule has 0 aliphatic carbocycles. The third kappa shape index (κ3) is 2.85. The van der Waals surface area contributed by atoms with Gasteiger partial charge in [0, 0.05) is 5.56 Å². The molecule has 0 saturated carbocycles. The van der Waals surface area contributed by atoms with Gasteiger partial charge < -0.3 is 5.32 Å². The first-order valence-corrected chi connectivity index (χ1v) is 6.30. The van der Waals surface area contributed by atoms with E-state index in [1.807, 2.05) is 26.0 Å². The summed E-state index contributed by atoms with van der Waals surface area (Å²) in [6.45, 7) is 3.83. The normalized spacial score (nSPS) is 10.3. The minimum absolute atomic E-state index is 0.105. The van der Waals surface area contributed by atoms with Gasteiger partial charge in [-0.25, -0.2) is 9.97 Å². The summed E-state index contributed by atoms with van der Waals surface area (Å²) in [7, 11) is 0. The second kappa shape index (κ2) is 5.55. The summed E-state index contributed by atoms with van der Waals surface area (Å²) in [5, 5.41) is 2.86. The monoisotopic (exact) mass is 295 g/mol. The Kier molecular flexibility index (Phi) is 4.02. The first-order valence-electron chi connectivity index (χ1n) is 5.54. The zero-order valence-corrected chi connectivity index (χ0v) is 11.9. The standard InChI is InChI=1S/C13H11Cl2N3O/c1-7-4-3-5-9(8(7)2)13(19)18-12-10(14)11(15)16-6-17-12/h3-6H,1-2H3,(H,16,17,18,19). The summed E-state index contributed by atoms with van der Waals surface area (Å²) in [5.41, 5.74) is 2.53. The molecule has 1 aromatic heterocycles. The fraction of sp³-hybridized carbons (Fsp3) is 0.154. The molecule has 0 aliphatic rings. The smallest absolute Gasteiger partial charge is 0.257 e. The Morgan fingerprint density at radius 3 is 2.68 bits per heavy atom. The highest BCUT2D eigenvalue weighted by atomic mass is 35.5. The topological polar surface area (TPSA) is 54.9 Å². The number of carbonyl (C=O) groups excluding carboxylic acids is 1. The predicted octanol–water partition coefficient (Wildman–Crippen LogP) is 3.65. The molecule has 98 valence electrons. The van der Waals surface area contributed by atoms with Crippen LogP contribution in [0.1, 0.15) is 21.5 Å². The Labute approximate surface area is 120 Å². The summed E-state index contributed by atoms with van der Waals surface area (Å²) in [4.78, 5) is 19.8. The van der Waals surface area contributed by atoms with Gasteiger partial charge in [-0.1, -0.05) is 35.3 Å². The molecule has 2 aromatic rings. The zero-order valence-electron chi connectivity index (χ0n) is 10.4. The van der Waals surface area contributed by atoms with Gasteiger partial charge in [-0.3, -0.25) is 4.79 Å². The maximum atomic E-state index is 12.2. The average molecular weight is 296 g/mol. The molecule has 0 radical (unpaired) electrons. The lowest BCUT2D eigenvalue weighted by atomic mass is 10.0. The van der Waals surface area contributed by atoms with Crippen LogP contribution in [0.3, 0.4) is 0 Å². The van der Waals surface area contributed by atoms with Crippen LogP contribution in [-0.4, -0.2) is 15.9 Å². The van der Waals surface area contributed by atoms with Crippen molar-refractivity contribution < 1.29 is 4.79 Å². The number of nitrogens with zero attached hydrogens (tertiary/aromatic N) is 2. The Bertz CT molecular complexity index is 644. The number of rotatable bonds is 2. The lowest BCUT2D eigenvalue weighted by Gasteiger charge is -2.10. The van der Waals surface area contributed by atoms with Crippen molar-refractivity contribution >= 4 is 34.9 Å². The number of carbonyl (C=O) groups is 1. The Balaban J connectivity index is 2.31. The highest BCUT2D eigenvalue weighted by Crippen LogP contribution is 2.26. The molecule has 0 bridgehead atoms. The SMILES string of the molecule is Cc1cccc(C(=O)Nc2ncnc(Cl)c2Cl)c1C. The van der Waals surface area contributed by atoms with Gasteiger partial charge in [-0.2, -0.15) is 0 Å². The molecule has 1 N–H and O–H groups in total. The van der Waals surface area contributed by atoms with Crippen LogP contribution in [0.25, 0.3) is 0 Å². The van der Waals surface area contributed by atoms with Crippen LogP contribution in [0.2, 0.25) is 10.2 Å². The van der Waals surface area contributed by atoms with Gasteiger partial charge in [0.15, 0.2) is 11.0 Å². The summed E-state index contributed by atoms with van der Waals surface area (Å²) in [6, 6.07) is 5.51. The van der Waals surface area contributed by atoms with Crippen LogP contribution in [0.15, 0.2) is 24.5 Å². The highest BCUT2D eigenvalue weighted by molar-refractivity contribution is 6.43. The van der Waals surface area contributed by atoms with Crippen molar-refractivity contribution in [2.45, 2.75) is 13.8 Å². The molecule has 0 unspecified atom stereocenters. The first-order chi connectivity index (χ1) is 9.00. The number of halogens is 2. The van der Waals surface area contributed by atoms with Gasteiger partial charge in [0.25, 0.3) is 5.91 Å². The summed E-state index contributed by atoms with van der Waals surface area (Å²) in [6.07, 6.45) is 1.24. The molecule has 1 heterocycles. The van der Waals surface area contributed by atoms with Crippen LogP contribution in [-0.2, 0) is 0 Å². The molecule has 0 spiro atoms. The number of amides is 1. The van der Waals surface area contributed by atoms with E-state index in [-0.39, 0.29) is 21.9 Å². The van der Waals surface area contributed by atoms with E-state index in [1.165, 1.54) is 6.33 Å². The van der Waals surface area contributed by atoms with Crippen molar-refractivity contribution in [1.29, 1.82) is 0 Å². The second-order valence-corrected chi connectivity index (χ2v) is 4.76. The molecular weight excluding hydrogens is 285 g/mol. The zero-order chi connectivity index (χ0) is 14.0. The third-order valence-corrected chi connectivity index (χ3v) is 3.57. The molecule has 2 rings (SSSR count). The maximum Gasteiger partial charge on any atom is 0.257 e. The van der Waals surface area contributed by atoms with Crippen molar-refractivity contribution in [1.82, 2.24) is 9.97 Å². The van der Waals surface area contributed by atoms with Gasteiger partial charge >= 0.3 is 0 Å². The fourth-order valence-corrected chi connectivity index (χ4v) is 1.89. The summed E-state index contributed by atoms with van der Waals surface area (Å²) < 4.78 is 0. The molecule has 0 saturated heterocycles. The van der Waals surface area contributed by atoms with E-state index in [2.05, 4.69) is 15.3 Å². The lowest BCUT2D eigenvalue weighted by molar-refractivity contribution is 0.102. The van der Waals surface area contributed by atoms with Crippen molar-refractivity contribution in [2.75, 3.05) is 5.32 Å². The van der Waals surface area contributed by atoms with E-state index in [0.29, 0.717) is 5.56 Å². The van der Waals surface area contributed by atoms with Gasteiger partial charge in [0.2, 0.25) is 0 Å². The molecule has 19 heavy (non-hydrogen) atoms. The molecule has 6 heteroatoms. The molecule has 1 aromatic carbocycles. The number of hydrogen-bond donors (Lipinski definition) is 1. The maximum absolute atomic E-state index is 12.2. The number of aromatic nitrogens is 2. The van der Waals surface area contributed by atoms with Gasteiger partial charge in [0.1, 0.15) is 11.3 Å². The minimum Gasteiger partial charge on any atom is -0.305 e. The largest absolute Gasteiger partial charge is 0.305 e. The van der Waals surface area contributed by atoms with E-state index in [9.17, 15) is 4.79 Å². The average Bonchev–Trinajstić information content (AvgIpc) is 2.38. The summed E-state index contributed by atoms with van der Waals surface area (Å²) in [5.74, 6) is -0.0783. The highest BCUT2D eigenvalue weighted by Gasteiger charge is 2.14. The summed E-state index contributed by atoms with van der Waals surface area (Å²) >= 11 is 11.7. The minimum atomic E-state index is -0.280. The number of hydrogen-bond acceptors (Lipinski definition) is 3. The van der Waals surface area contributed by atoms with Crippen LogP contribution in [0, 0.1) is 13.8 Å². The van der Waals surface area contributed by atoms with E-state index >= 15 is 0 Å². The van der Waals surface area contributed by atoms with Crippen molar-refractivity contribution in [3.05, 3.63) is 51.4 Å². The quantitative estimate of drug-likeness (QED) is 0.861. The van der Waals surface area contributed by atoms with Gasteiger partial charge in [-0.05, 0) is 31.0 Å². The van der Waals surface area contributed by atoms with E-state index in [4.69, 9.17) is 23.2 Å². The van der Waals surface area contributed by atoms with Crippen LogP contribution in [0.5, 0.6) is 0 Å². The van der Waals surface area contributed by atoms with E-state index < -0.39 is 0 Å². The number of anilines is 1. The van der Waals surface area contributed by atoms with E-state index in [1.54, 1.807) is 6.07 Å². The van der Waals surface area contributed by atoms with Crippen LogP contribution >= 0.6 is 23.2 Å². The van der Waals surface area contributed by atoms with E-state index in [0.717, 1.165) is 11.1 Å². The van der Waals surface area contributed by atoms with Crippen molar-refractivity contribution in [3.63, 3.8) is 0 Å².